The van der Waals surface area contributed by atoms with E-state index in [1.807, 2.05) is 6.92 Å². The van der Waals surface area contributed by atoms with Gasteiger partial charge in [-0.3, -0.25) is 4.79 Å². The van der Waals surface area contributed by atoms with Gasteiger partial charge in [0.25, 0.3) is 5.56 Å². The lowest BCUT2D eigenvalue weighted by Crippen LogP contribution is -2.32. The molecule has 90 valence electrons. The molecule has 0 aliphatic carbocycles. The Balaban J connectivity index is 2.64. The summed E-state index contributed by atoms with van der Waals surface area (Å²) in [5, 5.41) is 3.00. The summed E-state index contributed by atoms with van der Waals surface area (Å²) >= 11 is 0. The summed E-state index contributed by atoms with van der Waals surface area (Å²) in [4.78, 5) is 15.8. The molecular weight excluding hydrogens is 204 g/mol. The lowest BCUT2D eigenvalue weighted by atomic mass is 10.2. The highest BCUT2D eigenvalue weighted by Gasteiger charge is 2.05. The van der Waals surface area contributed by atoms with Crippen LogP contribution in [0.1, 0.15) is 26.7 Å². The van der Waals surface area contributed by atoms with Gasteiger partial charge < -0.3 is 15.6 Å². The van der Waals surface area contributed by atoms with Crippen LogP contribution in [0.5, 0.6) is 0 Å². The maximum atomic E-state index is 11.8. The van der Waals surface area contributed by atoms with Gasteiger partial charge in [0.15, 0.2) is 5.82 Å². The van der Waals surface area contributed by atoms with E-state index < -0.39 is 0 Å². The number of nitrogens with two attached hydrogens (primary N) is 1. The molecule has 0 saturated heterocycles. The van der Waals surface area contributed by atoms with Gasteiger partial charge in [-0.25, -0.2) is 4.98 Å². The summed E-state index contributed by atoms with van der Waals surface area (Å²) in [6.45, 7) is 5.25. The van der Waals surface area contributed by atoms with Crippen LogP contribution in [0.2, 0.25) is 0 Å². The average molecular weight is 224 g/mol. The number of nitrogens with zero attached hydrogens (tertiary/aromatic N) is 2. The summed E-state index contributed by atoms with van der Waals surface area (Å²) in [7, 11) is 0. The predicted octanol–water partition coefficient (Wildman–Crippen LogP) is 0.802. The minimum atomic E-state index is -0.0892. The van der Waals surface area contributed by atoms with Gasteiger partial charge >= 0.3 is 0 Å². The highest BCUT2D eigenvalue weighted by molar-refractivity contribution is 5.30. The SMILES string of the molecule is CCCC(N)CNc1nccn(CC)c1=O. The molecule has 0 spiro atoms. The van der Waals surface area contributed by atoms with Gasteiger partial charge in [0.1, 0.15) is 0 Å². The fourth-order valence-electron chi connectivity index (χ4n) is 1.52. The third kappa shape index (κ3) is 3.34. The highest BCUT2D eigenvalue weighted by atomic mass is 16.1. The normalized spacial score (nSPS) is 12.4. The van der Waals surface area contributed by atoms with E-state index in [4.69, 9.17) is 5.73 Å². The second kappa shape index (κ2) is 6.27. The molecule has 1 unspecified atom stereocenters. The van der Waals surface area contributed by atoms with Crippen LogP contribution < -0.4 is 16.6 Å². The van der Waals surface area contributed by atoms with Crippen molar-refractivity contribution in [2.45, 2.75) is 39.3 Å². The monoisotopic (exact) mass is 224 g/mol. The van der Waals surface area contributed by atoms with Gasteiger partial charge in [0.05, 0.1) is 0 Å². The maximum Gasteiger partial charge on any atom is 0.293 e. The van der Waals surface area contributed by atoms with E-state index in [-0.39, 0.29) is 11.6 Å². The topological polar surface area (TPSA) is 72.9 Å². The van der Waals surface area contributed by atoms with Crippen molar-refractivity contribution in [1.82, 2.24) is 9.55 Å². The van der Waals surface area contributed by atoms with Crippen LogP contribution in [0, 0.1) is 0 Å². The molecular formula is C11H20N4O. The molecule has 0 fully saturated rings. The number of aryl methyl sites for hydroxylation is 1. The second-order valence-electron chi connectivity index (χ2n) is 3.80. The summed E-state index contributed by atoms with van der Waals surface area (Å²) in [5.41, 5.74) is 5.76. The molecule has 1 rings (SSSR count). The van der Waals surface area contributed by atoms with Crippen LogP contribution in [-0.4, -0.2) is 22.1 Å². The molecule has 1 atom stereocenters. The van der Waals surface area contributed by atoms with Crippen molar-refractivity contribution in [1.29, 1.82) is 0 Å². The number of nitrogens with one attached hydrogen (secondary N) is 1. The van der Waals surface area contributed by atoms with Crippen LogP contribution in [0.15, 0.2) is 17.2 Å². The van der Waals surface area contributed by atoms with Crippen molar-refractivity contribution in [3.63, 3.8) is 0 Å². The molecule has 0 saturated carbocycles. The molecule has 0 aliphatic rings. The molecule has 0 radical (unpaired) electrons. The number of rotatable bonds is 6. The summed E-state index contributed by atoms with van der Waals surface area (Å²) in [6.07, 6.45) is 5.30. The second-order valence-corrected chi connectivity index (χ2v) is 3.80. The summed E-state index contributed by atoms with van der Waals surface area (Å²) < 4.78 is 1.61. The van der Waals surface area contributed by atoms with Crippen LogP contribution >= 0.6 is 0 Å². The van der Waals surface area contributed by atoms with Gasteiger partial charge in [-0.2, -0.15) is 0 Å². The molecule has 1 aromatic heterocycles. The van der Waals surface area contributed by atoms with Gasteiger partial charge in [0, 0.05) is 31.5 Å². The first-order valence-electron chi connectivity index (χ1n) is 5.73. The smallest absolute Gasteiger partial charge is 0.293 e. The number of hydrogen-bond donors (Lipinski definition) is 2. The van der Waals surface area contributed by atoms with Crippen LogP contribution in [0.4, 0.5) is 5.82 Å². The third-order valence-corrected chi connectivity index (χ3v) is 2.45. The van der Waals surface area contributed by atoms with Gasteiger partial charge in [-0.15, -0.1) is 0 Å². The van der Waals surface area contributed by atoms with E-state index in [0.717, 1.165) is 12.8 Å². The van der Waals surface area contributed by atoms with E-state index in [9.17, 15) is 4.79 Å². The number of hydrogen-bond acceptors (Lipinski definition) is 4. The predicted molar refractivity (Wildman–Crippen MR) is 65.5 cm³/mol. The van der Waals surface area contributed by atoms with Gasteiger partial charge in [-0.1, -0.05) is 13.3 Å². The maximum absolute atomic E-state index is 11.8. The Hall–Kier alpha value is -1.36. The zero-order valence-electron chi connectivity index (χ0n) is 9.94. The third-order valence-electron chi connectivity index (χ3n) is 2.45. The zero-order chi connectivity index (χ0) is 12.0. The fraction of sp³-hybridized carbons (Fsp3) is 0.636. The minimum absolute atomic E-state index is 0.0708. The van der Waals surface area contributed by atoms with Crippen molar-refractivity contribution in [3.8, 4) is 0 Å². The molecule has 0 aliphatic heterocycles. The Labute approximate surface area is 95.7 Å². The summed E-state index contributed by atoms with van der Waals surface area (Å²) in [6, 6.07) is 0.0708. The Morgan fingerprint density at radius 3 is 2.94 bits per heavy atom. The Bertz CT molecular complexity index is 374. The largest absolute Gasteiger partial charge is 0.364 e. The Kier molecular flexibility index (Phi) is 4.98. The first-order chi connectivity index (χ1) is 7.69. The Morgan fingerprint density at radius 1 is 1.56 bits per heavy atom. The number of anilines is 1. The van der Waals surface area contributed by atoms with Crippen molar-refractivity contribution in [2.24, 2.45) is 5.73 Å². The first kappa shape index (κ1) is 12.7. The van der Waals surface area contributed by atoms with Crippen molar-refractivity contribution < 1.29 is 0 Å². The molecule has 0 bridgehead atoms. The van der Waals surface area contributed by atoms with E-state index in [0.29, 0.717) is 18.9 Å². The molecule has 5 nitrogen and oxygen atoms in total. The van der Waals surface area contributed by atoms with Crippen molar-refractivity contribution in [2.75, 3.05) is 11.9 Å². The molecule has 3 N–H and O–H groups in total. The first-order valence-corrected chi connectivity index (χ1v) is 5.73. The number of aromatic nitrogens is 2. The average Bonchev–Trinajstić information content (AvgIpc) is 2.28. The fourth-order valence-corrected chi connectivity index (χ4v) is 1.52. The molecule has 0 aromatic carbocycles. The highest BCUT2D eigenvalue weighted by Crippen LogP contribution is 1.96. The zero-order valence-corrected chi connectivity index (χ0v) is 9.94. The van der Waals surface area contributed by atoms with E-state index in [1.165, 1.54) is 0 Å². The standard InChI is InChI=1S/C11H20N4O/c1-3-5-9(12)8-14-10-11(16)15(4-2)7-6-13-10/h6-7,9H,3-5,8,12H2,1-2H3,(H,13,14). The van der Waals surface area contributed by atoms with Crippen molar-refractivity contribution >= 4 is 5.82 Å². The van der Waals surface area contributed by atoms with E-state index in [1.54, 1.807) is 17.0 Å². The van der Waals surface area contributed by atoms with E-state index >= 15 is 0 Å². The molecule has 0 amide bonds. The van der Waals surface area contributed by atoms with Crippen LogP contribution in [-0.2, 0) is 6.54 Å². The molecule has 1 aromatic rings. The summed E-state index contributed by atoms with van der Waals surface area (Å²) in [5.74, 6) is 0.385. The quantitative estimate of drug-likeness (QED) is 0.749. The van der Waals surface area contributed by atoms with Crippen LogP contribution in [0.25, 0.3) is 0 Å². The minimum Gasteiger partial charge on any atom is -0.364 e. The molecule has 1 heterocycles. The van der Waals surface area contributed by atoms with Crippen molar-refractivity contribution in [3.05, 3.63) is 22.7 Å². The Morgan fingerprint density at radius 2 is 2.31 bits per heavy atom. The van der Waals surface area contributed by atoms with Gasteiger partial charge in [0.2, 0.25) is 0 Å². The lowest BCUT2D eigenvalue weighted by Gasteiger charge is -2.12. The van der Waals surface area contributed by atoms with Crippen LogP contribution in [0.3, 0.4) is 0 Å². The lowest BCUT2D eigenvalue weighted by molar-refractivity contribution is 0.624. The molecule has 16 heavy (non-hydrogen) atoms. The van der Waals surface area contributed by atoms with E-state index in [2.05, 4.69) is 17.2 Å². The van der Waals surface area contributed by atoms with Gasteiger partial charge in [-0.05, 0) is 13.3 Å². The molecule has 5 heteroatoms.